The number of amides is 2. The number of nitrogens with zero attached hydrogens (tertiary/aromatic N) is 2. The van der Waals surface area contributed by atoms with E-state index in [0.717, 1.165) is 19.5 Å². The van der Waals surface area contributed by atoms with E-state index in [1.165, 1.54) is 0 Å². The van der Waals surface area contributed by atoms with E-state index in [0.29, 0.717) is 19.0 Å². The van der Waals surface area contributed by atoms with Gasteiger partial charge in [-0.05, 0) is 25.4 Å². The highest BCUT2D eigenvalue weighted by Crippen LogP contribution is 2.08. The second-order valence-corrected chi connectivity index (χ2v) is 5.00. The fraction of sp³-hybridized carbons (Fsp3) is 0.846. The van der Waals surface area contributed by atoms with E-state index < -0.39 is 0 Å². The molecule has 0 aromatic carbocycles. The summed E-state index contributed by atoms with van der Waals surface area (Å²) in [4.78, 5) is 27.1. The molecule has 0 spiro atoms. The molecule has 1 atom stereocenters. The predicted octanol–water partition coefficient (Wildman–Crippen LogP) is 0.313. The van der Waals surface area contributed by atoms with Crippen LogP contribution in [-0.4, -0.2) is 60.9 Å². The molecule has 0 radical (unpaired) electrons. The topological polar surface area (TPSA) is 52.7 Å². The lowest BCUT2D eigenvalue weighted by Gasteiger charge is -2.35. The van der Waals surface area contributed by atoms with Crippen LogP contribution in [0.4, 0.5) is 0 Å². The SMILES string of the molecule is CCCN1CC(=O)N(CC(C)CNCC)CC1=O. The van der Waals surface area contributed by atoms with Crippen LogP contribution in [-0.2, 0) is 9.59 Å². The quantitative estimate of drug-likeness (QED) is 0.712. The number of piperazine rings is 1. The van der Waals surface area contributed by atoms with E-state index in [9.17, 15) is 9.59 Å². The van der Waals surface area contributed by atoms with Crippen molar-refractivity contribution in [3.05, 3.63) is 0 Å². The van der Waals surface area contributed by atoms with Crippen LogP contribution in [0, 0.1) is 5.92 Å². The molecule has 1 saturated heterocycles. The maximum Gasteiger partial charge on any atom is 0.242 e. The van der Waals surface area contributed by atoms with Crippen molar-refractivity contribution in [3.8, 4) is 0 Å². The standard InChI is InChI=1S/C13H25N3O2/c1-4-6-15-9-13(18)16(10-12(15)17)8-11(3)7-14-5-2/h11,14H,4-10H2,1-3H3. The van der Waals surface area contributed by atoms with E-state index in [1.54, 1.807) is 9.80 Å². The van der Waals surface area contributed by atoms with Gasteiger partial charge in [0.1, 0.15) is 0 Å². The molecule has 5 nitrogen and oxygen atoms in total. The van der Waals surface area contributed by atoms with Gasteiger partial charge < -0.3 is 15.1 Å². The molecule has 0 bridgehead atoms. The highest BCUT2D eigenvalue weighted by atomic mass is 16.2. The maximum atomic E-state index is 11.9. The fourth-order valence-corrected chi connectivity index (χ4v) is 2.17. The molecule has 2 amide bonds. The zero-order chi connectivity index (χ0) is 13.5. The number of carbonyl (C=O) groups excluding carboxylic acids is 2. The van der Waals surface area contributed by atoms with Crippen LogP contribution in [0.25, 0.3) is 0 Å². The largest absolute Gasteiger partial charge is 0.332 e. The summed E-state index contributed by atoms with van der Waals surface area (Å²) in [6, 6.07) is 0. The first-order valence-corrected chi connectivity index (χ1v) is 6.84. The Labute approximate surface area is 110 Å². The zero-order valence-corrected chi connectivity index (χ0v) is 11.7. The third-order valence-electron chi connectivity index (χ3n) is 3.13. The van der Waals surface area contributed by atoms with Gasteiger partial charge >= 0.3 is 0 Å². The van der Waals surface area contributed by atoms with Gasteiger partial charge in [-0.2, -0.15) is 0 Å². The van der Waals surface area contributed by atoms with Crippen LogP contribution in [0.2, 0.25) is 0 Å². The highest BCUT2D eigenvalue weighted by molar-refractivity contribution is 5.92. The Bertz CT molecular complexity index is 294. The lowest BCUT2D eigenvalue weighted by Crippen LogP contribution is -2.55. The molecule has 0 aromatic rings. The van der Waals surface area contributed by atoms with Crippen LogP contribution < -0.4 is 5.32 Å². The van der Waals surface area contributed by atoms with Gasteiger partial charge in [0.05, 0.1) is 13.1 Å². The van der Waals surface area contributed by atoms with Crippen molar-refractivity contribution in [3.63, 3.8) is 0 Å². The molecule has 1 aliphatic heterocycles. The maximum absolute atomic E-state index is 11.9. The van der Waals surface area contributed by atoms with Gasteiger partial charge in [-0.3, -0.25) is 9.59 Å². The molecule has 1 N–H and O–H groups in total. The minimum atomic E-state index is 0.0754. The average Bonchev–Trinajstić information content (AvgIpc) is 2.33. The number of rotatable bonds is 7. The summed E-state index contributed by atoms with van der Waals surface area (Å²) >= 11 is 0. The van der Waals surface area contributed by atoms with Crippen LogP contribution in [0.3, 0.4) is 0 Å². The average molecular weight is 255 g/mol. The Morgan fingerprint density at radius 3 is 2.39 bits per heavy atom. The summed E-state index contributed by atoms with van der Waals surface area (Å²) in [6.07, 6.45) is 0.899. The van der Waals surface area contributed by atoms with Gasteiger partial charge in [0, 0.05) is 13.1 Å². The third kappa shape index (κ3) is 4.29. The number of hydrogen-bond donors (Lipinski definition) is 1. The molecule has 0 saturated carbocycles. The molecule has 0 aliphatic carbocycles. The molecule has 1 aliphatic rings. The molecule has 1 unspecified atom stereocenters. The van der Waals surface area contributed by atoms with Gasteiger partial charge in [0.15, 0.2) is 0 Å². The fourth-order valence-electron chi connectivity index (χ4n) is 2.17. The minimum Gasteiger partial charge on any atom is -0.332 e. The summed E-state index contributed by atoms with van der Waals surface area (Å²) in [5, 5.41) is 3.26. The van der Waals surface area contributed by atoms with E-state index in [-0.39, 0.29) is 24.9 Å². The van der Waals surface area contributed by atoms with Gasteiger partial charge in [0.25, 0.3) is 0 Å². The third-order valence-corrected chi connectivity index (χ3v) is 3.13. The van der Waals surface area contributed by atoms with E-state index in [4.69, 9.17) is 0 Å². The van der Waals surface area contributed by atoms with Crippen molar-refractivity contribution >= 4 is 11.8 Å². The molecule has 104 valence electrons. The second kappa shape index (κ2) is 7.36. The lowest BCUT2D eigenvalue weighted by atomic mass is 10.1. The van der Waals surface area contributed by atoms with Crippen molar-refractivity contribution in [2.45, 2.75) is 27.2 Å². The normalized spacial score (nSPS) is 18.4. The number of nitrogens with one attached hydrogen (secondary N) is 1. The monoisotopic (exact) mass is 255 g/mol. The van der Waals surface area contributed by atoms with Gasteiger partial charge in [0.2, 0.25) is 11.8 Å². The Balaban J connectivity index is 2.44. The Hall–Kier alpha value is -1.10. The van der Waals surface area contributed by atoms with Crippen LogP contribution in [0.5, 0.6) is 0 Å². The minimum absolute atomic E-state index is 0.0754. The lowest BCUT2D eigenvalue weighted by molar-refractivity contribution is -0.150. The highest BCUT2D eigenvalue weighted by Gasteiger charge is 2.29. The van der Waals surface area contributed by atoms with Crippen molar-refractivity contribution in [2.24, 2.45) is 5.92 Å². The molecule has 1 fully saturated rings. The first-order chi connectivity index (χ1) is 8.58. The van der Waals surface area contributed by atoms with Crippen LogP contribution in [0.15, 0.2) is 0 Å². The Morgan fingerprint density at radius 1 is 1.17 bits per heavy atom. The summed E-state index contributed by atoms with van der Waals surface area (Å²) in [6.45, 7) is 9.83. The van der Waals surface area contributed by atoms with Crippen molar-refractivity contribution < 1.29 is 9.59 Å². The molecule has 0 aromatic heterocycles. The summed E-state index contributed by atoms with van der Waals surface area (Å²) in [5.74, 6) is 0.526. The molecule has 18 heavy (non-hydrogen) atoms. The first kappa shape index (κ1) is 15.0. The Morgan fingerprint density at radius 2 is 1.78 bits per heavy atom. The smallest absolute Gasteiger partial charge is 0.242 e. The van der Waals surface area contributed by atoms with Crippen molar-refractivity contribution in [2.75, 3.05) is 39.3 Å². The molecular weight excluding hydrogens is 230 g/mol. The van der Waals surface area contributed by atoms with Crippen LogP contribution in [0.1, 0.15) is 27.2 Å². The van der Waals surface area contributed by atoms with Gasteiger partial charge in [-0.25, -0.2) is 0 Å². The van der Waals surface area contributed by atoms with Gasteiger partial charge in [-0.15, -0.1) is 0 Å². The van der Waals surface area contributed by atoms with Crippen LogP contribution >= 0.6 is 0 Å². The van der Waals surface area contributed by atoms with E-state index in [1.807, 2.05) is 6.92 Å². The summed E-state index contributed by atoms with van der Waals surface area (Å²) in [5.41, 5.74) is 0. The first-order valence-electron chi connectivity index (χ1n) is 6.84. The molecule has 1 rings (SSSR count). The second-order valence-electron chi connectivity index (χ2n) is 5.00. The summed E-state index contributed by atoms with van der Waals surface area (Å²) in [7, 11) is 0. The zero-order valence-electron chi connectivity index (χ0n) is 11.7. The predicted molar refractivity (Wildman–Crippen MR) is 71.2 cm³/mol. The van der Waals surface area contributed by atoms with E-state index >= 15 is 0 Å². The Kier molecular flexibility index (Phi) is 6.12. The summed E-state index contributed by atoms with van der Waals surface area (Å²) < 4.78 is 0. The molecule has 5 heteroatoms. The molecule has 1 heterocycles. The number of carbonyl (C=O) groups is 2. The van der Waals surface area contributed by atoms with Gasteiger partial charge in [-0.1, -0.05) is 20.8 Å². The van der Waals surface area contributed by atoms with Crippen molar-refractivity contribution in [1.29, 1.82) is 0 Å². The van der Waals surface area contributed by atoms with E-state index in [2.05, 4.69) is 19.2 Å². The van der Waals surface area contributed by atoms with Crippen molar-refractivity contribution in [1.82, 2.24) is 15.1 Å². The molecular formula is C13H25N3O2. The number of hydrogen-bond acceptors (Lipinski definition) is 3.